The lowest BCUT2D eigenvalue weighted by Gasteiger charge is -2.23. The van der Waals surface area contributed by atoms with Crippen molar-refractivity contribution in [3.8, 4) is 0 Å². The lowest BCUT2D eigenvalue weighted by atomic mass is 10.0. The highest BCUT2D eigenvalue weighted by Crippen LogP contribution is 2.33. The number of carbonyl (C=O) groups is 2. The number of nitrogens with one attached hydrogen (secondary N) is 2. The van der Waals surface area contributed by atoms with Crippen LogP contribution in [0.25, 0.3) is 0 Å². The van der Waals surface area contributed by atoms with Crippen LogP contribution in [0, 0.1) is 0 Å². The van der Waals surface area contributed by atoms with E-state index in [0.29, 0.717) is 6.42 Å². The van der Waals surface area contributed by atoms with Crippen LogP contribution >= 0.6 is 0 Å². The van der Waals surface area contributed by atoms with Crippen molar-refractivity contribution in [2.24, 2.45) is 0 Å². The van der Waals surface area contributed by atoms with E-state index in [1.807, 2.05) is 0 Å². The normalized spacial score (nSPS) is 23.9. The summed E-state index contributed by atoms with van der Waals surface area (Å²) in [6, 6.07) is 0. The highest BCUT2D eigenvalue weighted by Gasteiger charge is 2.50. The molecule has 0 aromatic rings. The predicted molar refractivity (Wildman–Crippen MR) is 110 cm³/mol. The molecule has 2 unspecified atom stereocenters. The molecule has 1 rings (SSSR count). The lowest BCUT2D eigenvalue weighted by Crippen LogP contribution is -2.48. The summed E-state index contributed by atoms with van der Waals surface area (Å²) in [7, 11) is 0. The quantitative estimate of drug-likeness (QED) is 0.284. The molecule has 1 aliphatic heterocycles. The smallest absolute Gasteiger partial charge is 0.252 e. The van der Waals surface area contributed by atoms with Crippen LogP contribution in [0.2, 0.25) is 0 Å². The second-order valence-corrected chi connectivity index (χ2v) is 7.82. The molecule has 4 N–H and O–H groups in total. The summed E-state index contributed by atoms with van der Waals surface area (Å²) in [5.74, 6) is -1.98. The molecule has 0 bridgehead atoms. The third kappa shape index (κ3) is 9.89. The highest BCUT2D eigenvalue weighted by atomic mass is 16.8. The zero-order valence-corrected chi connectivity index (χ0v) is 18.1. The molecular formula is C21H40N2O6. The van der Waals surface area contributed by atoms with E-state index in [2.05, 4.69) is 17.6 Å². The van der Waals surface area contributed by atoms with Gasteiger partial charge in [-0.1, -0.05) is 58.3 Å². The van der Waals surface area contributed by atoms with Crippen LogP contribution in [0.1, 0.15) is 78.1 Å². The van der Waals surface area contributed by atoms with Gasteiger partial charge in [0, 0.05) is 19.5 Å². The number of carbonyl (C=O) groups excluding carboxylic acids is 2. The van der Waals surface area contributed by atoms with E-state index >= 15 is 0 Å². The van der Waals surface area contributed by atoms with Crippen molar-refractivity contribution in [1.82, 2.24) is 10.6 Å². The number of aliphatic hydroxyl groups excluding tert-OH is 2. The summed E-state index contributed by atoms with van der Waals surface area (Å²) in [4.78, 5) is 24.7. The third-order valence-electron chi connectivity index (χ3n) is 5.10. The molecule has 0 radical (unpaired) electrons. The van der Waals surface area contributed by atoms with Gasteiger partial charge in [-0.05, 0) is 13.3 Å². The van der Waals surface area contributed by atoms with Gasteiger partial charge in [-0.3, -0.25) is 9.59 Å². The van der Waals surface area contributed by atoms with E-state index in [0.717, 1.165) is 19.3 Å². The molecule has 1 fully saturated rings. The molecule has 0 aromatic heterocycles. The first kappa shape index (κ1) is 25.8. The van der Waals surface area contributed by atoms with Gasteiger partial charge in [0.05, 0.1) is 13.2 Å². The fourth-order valence-electron chi connectivity index (χ4n) is 3.50. The summed E-state index contributed by atoms with van der Waals surface area (Å²) in [6.07, 6.45) is 9.21. The number of hydrogen-bond donors (Lipinski definition) is 4. The second-order valence-electron chi connectivity index (χ2n) is 7.82. The summed E-state index contributed by atoms with van der Waals surface area (Å²) in [5, 5.41) is 22.9. The molecule has 1 saturated heterocycles. The topological polar surface area (TPSA) is 117 Å². The van der Waals surface area contributed by atoms with Gasteiger partial charge in [0.1, 0.15) is 0 Å². The minimum absolute atomic E-state index is 0.0820. The predicted octanol–water partition coefficient (Wildman–Crippen LogP) is 1.62. The maximum atomic E-state index is 12.3. The standard InChI is InChI=1S/C21H40N2O6/c1-3-4-5-6-7-8-9-10-11-12-21(2)28-17(19(26)22-13-15-24)18(29-21)20(27)23-14-16-25/h17-18,24-25H,3-16H2,1-2H3,(H,22,26)(H,23,27). The van der Waals surface area contributed by atoms with Crippen molar-refractivity contribution in [2.45, 2.75) is 96.1 Å². The Morgan fingerprint density at radius 1 is 0.793 bits per heavy atom. The molecular weight excluding hydrogens is 376 g/mol. The molecule has 1 heterocycles. The van der Waals surface area contributed by atoms with E-state index in [-0.39, 0.29) is 26.3 Å². The molecule has 2 amide bonds. The number of unbranched alkanes of at least 4 members (excludes halogenated alkanes) is 8. The van der Waals surface area contributed by atoms with Crippen molar-refractivity contribution in [1.29, 1.82) is 0 Å². The minimum atomic E-state index is -1.08. The van der Waals surface area contributed by atoms with E-state index in [9.17, 15) is 9.59 Å². The van der Waals surface area contributed by atoms with E-state index in [4.69, 9.17) is 19.7 Å². The zero-order valence-electron chi connectivity index (χ0n) is 18.1. The number of hydrogen-bond acceptors (Lipinski definition) is 6. The number of aliphatic hydroxyl groups is 2. The van der Waals surface area contributed by atoms with E-state index in [1.54, 1.807) is 6.92 Å². The zero-order chi connectivity index (χ0) is 21.5. The molecule has 1 aliphatic rings. The first-order valence-electron chi connectivity index (χ1n) is 11.1. The fourth-order valence-corrected chi connectivity index (χ4v) is 3.50. The maximum absolute atomic E-state index is 12.3. The van der Waals surface area contributed by atoms with Gasteiger partial charge in [0.15, 0.2) is 18.0 Å². The van der Waals surface area contributed by atoms with Gasteiger partial charge in [0.2, 0.25) is 0 Å². The molecule has 0 aromatic carbocycles. The molecule has 0 aliphatic carbocycles. The van der Waals surface area contributed by atoms with Gasteiger partial charge < -0.3 is 30.3 Å². The number of amides is 2. The van der Waals surface area contributed by atoms with Crippen molar-refractivity contribution in [2.75, 3.05) is 26.3 Å². The molecule has 2 atom stereocenters. The van der Waals surface area contributed by atoms with Gasteiger partial charge in [0.25, 0.3) is 11.8 Å². The monoisotopic (exact) mass is 416 g/mol. The summed E-state index contributed by atoms with van der Waals surface area (Å²) < 4.78 is 11.7. The Kier molecular flexibility index (Phi) is 13.1. The van der Waals surface area contributed by atoms with Crippen LogP contribution in [0.15, 0.2) is 0 Å². The van der Waals surface area contributed by atoms with Crippen LogP contribution in [0.3, 0.4) is 0 Å². The molecule has 0 saturated carbocycles. The number of rotatable bonds is 16. The van der Waals surface area contributed by atoms with Gasteiger partial charge in [-0.25, -0.2) is 0 Å². The van der Waals surface area contributed by atoms with Crippen LogP contribution in [-0.2, 0) is 19.1 Å². The van der Waals surface area contributed by atoms with E-state index in [1.165, 1.54) is 38.5 Å². The van der Waals surface area contributed by atoms with Crippen LogP contribution in [0.4, 0.5) is 0 Å². The van der Waals surface area contributed by atoms with E-state index < -0.39 is 29.8 Å². The molecule has 170 valence electrons. The molecule has 8 nitrogen and oxygen atoms in total. The maximum Gasteiger partial charge on any atom is 0.252 e. The minimum Gasteiger partial charge on any atom is -0.395 e. The second kappa shape index (κ2) is 14.7. The Morgan fingerprint density at radius 2 is 1.21 bits per heavy atom. The fraction of sp³-hybridized carbons (Fsp3) is 0.905. The van der Waals surface area contributed by atoms with Crippen molar-refractivity contribution in [3.05, 3.63) is 0 Å². The Hall–Kier alpha value is -1.22. The first-order valence-corrected chi connectivity index (χ1v) is 11.1. The molecule has 29 heavy (non-hydrogen) atoms. The third-order valence-corrected chi connectivity index (χ3v) is 5.10. The molecule has 0 spiro atoms. The van der Waals surface area contributed by atoms with Crippen LogP contribution in [0.5, 0.6) is 0 Å². The average Bonchev–Trinajstić information content (AvgIpc) is 3.07. The Balaban J connectivity index is 2.46. The van der Waals surface area contributed by atoms with Crippen LogP contribution < -0.4 is 10.6 Å². The van der Waals surface area contributed by atoms with Crippen LogP contribution in [-0.4, -0.2) is 66.3 Å². The van der Waals surface area contributed by atoms with Gasteiger partial charge >= 0.3 is 0 Å². The summed E-state index contributed by atoms with van der Waals surface area (Å²) >= 11 is 0. The summed E-state index contributed by atoms with van der Waals surface area (Å²) in [5.41, 5.74) is 0. The van der Waals surface area contributed by atoms with Gasteiger partial charge in [-0.15, -0.1) is 0 Å². The van der Waals surface area contributed by atoms with Crippen molar-refractivity contribution < 1.29 is 29.3 Å². The first-order chi connectivity index (χ1) is 14.0. The largest absolute Gasteiger partial charge is 0.395 e. The van der Waals surface area contributed by atoms with Crippen molar-refractivity contribution in [3.63, 3.8) is 0 Å². The SMILES string of the molecule is CCCCCCCCCCCC1(C)OC(C(=O)NCCO)C(C(=O)NCCO)O1. The Labute approximate surface area is 174 Å². The average molecular weight is 417 g/mol. The highest BCUT2D eigenvalue weighted by molar-refractivity contribution is 5.91. The Bertz CT molecular complexity index is 446. The lowest BCUT2D eigenvalue weighted by molar-refractivity contribution is -0.173. The summed E-state index contributed by atoms with van der Waals surface area (Å²) in [6.45, 7) is 3.74. The molecule has 8 heteroatoms. The van der Waals surface area contributed by atoms with Crippen molar-refractivity contribution >= 4 is 11.8 Å². The van der Waals surface area contributed by atoms with Gasteiger partial charge in [-0.2, -0.15) is 0 Å². The Morgan fingerprint density at radius 3 is 1.62 bits per heavy atom. The number of ether oxygens (including phenoxy) is 2.